The third-order valence-corrected chi connectivity index (χ3v) is 4.60. The van der Waals surface area contributed by atoms with E-state index in [1.165, 1.54) is 0 Å². The van der Waals surface area contributed by atoms with Crippen molar-refractivity contribution in [3.05, 3.63) is 35.4 Å². The molecule has 0 N–H and O–H groups in total. The molecular weight excluding hydrogens is 336 g/mol. The molecule has 0 aromatic heterocycles. The molecule has 7 nitrogen and oxygen atoms in total. The number of imide groups is 1. The molecule has 1 saturated carbocycles. The summed E-state index contributed by atoms with van der Waals surface area (Å²) in [5, 5.41) is 0. The van der Waals surface area contributed by atoms with Gasteiger partial charge in [0.25, 0.3) is 11.8 Å². The Balaban J connectivity index is 1.56. The number of fused-ring (bicyclic) bond motifs is 1. The van der Waals surface area contributed by atoms with Crippen LogP contribution in [0, 0.1) is 0 Å². The minimum absolute atomic E-state index is 0.0494. The predicted octanol–water partition coefficient (Wildman–Crippen LogP) is 1.62. The fourth-order valence-corrected chi connectivity index (χ4v) is 3.14. The maximum atomic E-state index is 12.6. The van der Waals surface area contributed by atoms with Crippen molar-refractivity contribution in [2.75, 3.05) is 19.7 Å². The van der Waals surface area contributed by atoms with Crippen molar-refractivity contribution in [2.45, 2.75) is 38.6 Å². The standard InChI is InChI=1S/C19H22N2O5/c1-2-26-17(23)10-12-20(13-7-8-13)16(22)9-11-21-18(24)14-5-3-4-6-15(14)19(21)25/h3-6,13H,2,7-12H2,1H3. The van der Waals surface area contributed by atoms with Crippen molar-refractivity contribution in [3.8, 4) is 0 Å². The first kappa shape index (κ1) is 18.1. The summed E-state index contributed by atoms with van der Waals surface area (Å²) in [4.78, 5) is 51.6. The molecule has 0 saturated heterocycles. The van der Waals surface area contributed by atoms with E-state index in [1.54, 1.807) is 36.1 Å². The molecule has 3 amide bonds. The molecule has 1 aromatic rings. The summed E-state index contributed by atoms with van der Waals surface area (Å²) < 4.78 is 4.90. The van der Waals surface area contributed by atoms with Gasteiger partial charge in [-0.2, -0.15) is 0 Å². The maximum absolute atomic E-state index is 12.6. The molecule has 0 unspecified atom stereocenters. The van der Waals surface area contributed by atoms with Crippen molar-refractivity contribution in [3.63, 3.8) is 0 Å². The van der Waals surface area contributed by atoms with Crippen LogP contribution in [0.15, 0.2) is 24.3 Å². The number of benzene rings is 1. The molecule has 0 atom stereocenters. The van der Waals surface area contributed by atoms with E-state index >= 15 is 0 Å². The van der Waals surface area contributed by atoms with Crippen molar-refractivity contribution in [2.24, 2.45) is 0 Å². The summed E-state index contributed by atoms with van der Waals surface area (Å²) in [6.07, 6.45) is 2.05. The fourth-order valence-electron chi connectivity index (χ4n) is 3.14. The van der Waals surface area contributed by atoms with Crippen LogP contribution >= 0.6 is 0 Å². The van der Waals surface area contributed by atoms with Crippen molar-refractivity contribution in [1.82, 2.24) is 9.80 Å². The van der Waals surface area contributed by atoms with Gasteiger partial charge < -0.3 is 9.64 Å². The topological polar surface area (TPSA) is 84.0 Å². The van der Waals surface area contributed by atoms with Crippen LogP contribution in [-0.4, -0.2) is 59.2 Å². The normalized spacial score (nSPS) is 15.8. The summed E-state index contributed by atoms with van der Waals surface area (Å²) in [5.74, 6) is -1.19. The van der Waals surface area contributed by atoms with E-state index in [2.05, 4.69) is 0 Å². The molecular formula is C19H22N2O5. The lowest BCUT2D eigenvalue weighted by atomic mass is 10.1. The van der Waals surface area contributed by atoms with Gasteiger partial charge in [-0.25, -0.2) is 0 Å². The van der Waals surface area contributed by atoms with E-state index in [0.717, 1.165) is 17.7 Å². The van der Waals surface area contributed by atoms with Crippen molar-refractivity contribution < 1.29 is 23.9 Å². The Kier molecular flexibility index (Phi) is 5.35. The monoisotopic (exact) mass is 358 g/mol. The molecule has 2 aliphatic rings. The second-order valence-electron chi connectivity index (χ2n) is 6.43. The van der Waals surface area contributed by atoms with Gasteiger partial charge in [0.15, 0.2) is 0 Å². The molecule has 1 aliphatic heterocycles. The Bertz CT molecular complexity index is 706. The lowest BCUT2D eigenvalue weighted by Crippen LogP contribution is -2.39. The molecule has 0 bridgehead atoms. The highest BCUT2D eigenvalue weighted by atomic mass is 16.5. The van der Waals surface area contributed by atoms with Gasteiger partial charge in [-0.05, 0) is 31.9 Å². The van der Waals surface area contributed by atoms with Gasteiger partial charge >= 0.3 is 5.97 Å². The van der Waals surface area contributed by atoms with Crippen LogP contribution in [-0.2, 0) is 14.3 Å². The lowest BCUT2D eigenvalue weighted by Gasteiger charge is -2.23. The van der Waals surface area contributed by atoms with Gasteiger partial charge in [-0.3, -0.25) is 24.1 Å². The zero-order valence-corrected chi connectivity index (χ0v) is 14.8. The number of hydrogen-bond acceptors (Lipinski definition) is 5. The summed E-state index contributed by atoms with van der Waals surface area (Å²) in [6.45, 7) is 2.41. The van der Waals surface area contributed by atoms with Crippen molar-refractivity contribution >= 4 is 23.7 Å². The predicted molar refractivity (Wildman–Crippen MR) is 92.4 cm³/mol. The summed E-state index contributed by atoms with van der Waals surface area (Å²) >= 11 is 0. The average Bonchev–Trinajstić information content (AvgIpc) is 3.43. The van der Waals surface area contributed by atoms with E-state index in [9.17, 15) is 19.2 Å². The highest BCUT2D eigenvalue weighted by Crippen LogP contribution is 2.28. The van der Waals surface area contributed by atoms with Gasteiger partial charge in [0, 0.05) is 25.6 Å². The van der Waals surface area contributed by atoms with Gasteiger partial charge in [0.1, 0.15) is 0 Å². The largest absolute Gasteiger partial charge is 0.466 e. The van der Waals surface area contributed by atoms with E-state index in [0.29, 0.717) is 24.3 Å². The van der Waals surface area contributed by atoms with E-state index in [-0.39, 0.29) is 49.1 Å². The summed E-state index contributed by atoms with van der Waals surface area (Å²) in [7, 11) is 0. The summed E-state index contributed by atoms with van der Waals surface area (Å²) in [5.41, 5.74) is 0.762. The average molecular weight is 358 g/mol. The fraction of sp³-hybridized carbons (Fsp3) is 0.474. The molecule has 0 spiro atoms. The molecule has 1 heterocycles. The third kappa shape index (κ3) is 3.76. The van der Waals surface area contributed by atoms with E-state index < -0.39 is 0 Å². The van der Waals surface area contributed by atoms with Gasteiger partial charge in [0.2, 0.25) is 5.91 Å². The van der Waals surface area contributed by atoms with Crippen LogP contribution in [0.4, 0.5) is 0 Å². The Morgan fingerprint density at radius 3 is 2.27 bits per heavy atom. The molecule has 26 heavy (non-hydrogen) atoms. The van der Waals surface area contributed by atoms with Gasteiger partial charge in [-0.15, -0.1) is 0 Å². The molecule has 0 radical (unpaired) electrons. The number of nitrogens with zero attached hydrogens (tertiary/aromatic N) is 2. The smallest absolute Gasteiger partial charge is 0.307 e. The van der Waals surface area contributed by atoms with E-state index in [4.69, 9.17) is 4.74 Å². The zero-order valence-electron chi connectivity index (χ0n) is 14.8. The first-order valence-corrected chi connectivity index (χ1v) is 8.93. The Hall–Kier alpha value is -2.70. The van der Waals surface area contributed by atoms with Crippen LogP contribution in [0.1, 0.15) is 53.3 Å². The number of esters is 1. The Labute approximate surface area is 151 Å². The minimum Gasteiger partial charge on any atom is -0.466 e. The van der Waals surface area contributed by atoms with Crippen LogP contribution in [0.3, 0.4) is 0 Å². The molecule has 1 fully saturated rings. The molecule has 138 valence electrons. The lowest BCUT2D eigenvalue weighted by molar-refractivity contribution is -0.144. The van der Waals surface area contributed by atoms with Gasteiger partial charge in [-0.1, -0.05) is 12.1 Å². The quantitative estimate of drug-likeness (QED) is 0.521. The second kappa shape index (κ2) is 7.68. The summed E-state index contributed by atoms with van der Waals surface area (Å²) in [6, 6.07) is 6.81. The highest BCUT2D eigenvalue weighted by Gasteiger charge is 2.37. The first-order chi connectivity index (χ1) is 12.5. The SMILES string of the molecule is CCOC(=O)CCN(C(=O)CCN1C(=O)c2ccccc2C1=O)C1CC1. The Morgan fingerprint density at radius 2 is 1.73 bits per heavy atom. The number of amides is 3. The van der Waals surface area contributed by atoms with Crippen LogP contribution < -0.4 is 0 Å². The zero-order chi connectivity index (χ0) is 18.7. The number of hydrogen-bond donors (Lipinski definition) is 0. The maximum Gasteiger partial charge on any atom is 0.307 e. The number of ether oxygens (including phenoxy) is 1. The highest BCUT2D eigenvalue weighted by molar-refractivity contribution is 6.21. The minimum atomic E-state index is -0.358. The van der Waals surface area contributed by atoms with Crippen molar-refractivity contribution in [1.29, 1.82) is 0 Å². The number of carbonyl (C=O) groups excluding carboxylic acids is 4. The number of carbonyl (C=O) groups is 4. The first-order valence-electron chi connectivity index (χ1n) is 8.93. The van der Waals surface area contributed by atoms with Crippen LogP contribution in [0.5, 0.6) is 0 Å². The van der Waals surface area contributed by atoms with E-state index in [1.807, 2.05) is 0 Å². The molecule has 1 aromatic carbocycles. The molecule has 1 aliphatic carbocycles. The molecule has 7 heteroatoms. The second-order valence-corrected chi connectivity index (χ2v) is 6.43. The van der Waals surface area contributed by atoms with Crippen LogP contribution in [0.25, 0.3) is 0 Å². The third-order valence-electron chi connectivity index (χ3n) is 4.60. The van der Waals surface area contributed by atoms with Gasteiger partial charge in [0.05, 0.1) is 24.2 Å². The Morgan fingerprint density at radius 1 is 1.12 bits per heavy atom. The molecule has 3 rings (SSSR count). The van der Waals surface area contributed by atoms with Crippen LogP contribution in [0.2, 0.25) is 0 Å². The number of rotatable bonds is 8.